The Hall–Kier alpha value is -1.06. The molecular weight excluding hydrogens is 467 g/mol. The first-order chi connectivity index (χ1) is 13.2. The number of nitrogens with one attached hydrogen (secondary N) is 2. The summed E-state index contributed by atoms with van der Waals surface area (Å²) in [5.74, 6) is 1.87. The van der Waals surface area contributed by atoms with Gasteiger partial charge in [-0.3, -0.25) is 4.99 Å². The summed E-state index contributed by atoms with van der Waals surface area (Å²) in [7, 11) is 3.48. The molecule has 2 rings (SSSR count). The topological polar surface area (TPSA) is 58.1 Å². The van der Waals surface area contributed by atoms with Gasteiger partial charge in [-0.15, -0.1) is 24.0 Å². The van der Waals surface area contributed by atoms with Gasteiger partial charge in [0.15, 0.2) is 5.96 Å². The van der Waals surface area contributed by atoms with Crippen molar-refractivity contribution in [3.63, 3.8) is 0 Å². The Balaban J connectivity index is 0.00000392. The van der Waals surface area contributed by atoms with Gasteiger partial charge in [-0.1, -0.05) is 12.1 Å². The molecule has 0 aromatic heterocycles. The van der Waals surface area contributed by atoms with E-state index in [1.54, 1.807) is 14.2 Å². The Morgan fingerprint density at radius 3 is 2.64 bits per heavy atom. The number of piperidine rings is 1. The predicted molar refractivity (Wildman–Crippen MR) is 127 cm³/mol. The Bertz CT molecular complexity index is 590. The number of likely N-dealkylation sites (tertiary alicyclic amines) is 1. The molecule has 1 aromatic rings. The number of benzene rings is 1. The molecule has 0 radical (unpaired) electrons. The second-order valence-electron chi connectivity index (χ2n) is 7.07. The monoisotopic (exact) mass is 504 g/mol. The maximum Gasteiger partial charge on any atom is 0.191 e. The summed E-state index contributed by atoms with van der Waals surface area (Å²) in [6, 6.07) is 6.87. The standard InChI is InChI=1S/C21H36N4O2.HI/c1-5-22-21(24-19-9-12-25(13-10-19)14-15-26-3)23-11-8-18-7-6-17(2)20(16-18)27-4;/h6-7,16,19H,5,8-15H2,1-4H3,(H2,22,23,24);1H. The Morgan fingerprint density at radius 1 is 1.25 bits per heavy atom. The maximum absolute atomic E-state index is 5.41. The highest BCUT2D eigenvalue weighted by Gasteiger charge is 2.19. The normalized spacial score (nSPS) is 15.8. The van der Waals surface area contributed by atoms with Crippen LogP contribution in [0.5, 0.6) is 5.75 Å². The summed E-state index contributed by atoms with van der Waals surface area (Å²) < 4.78 is 10.6. The molecule has 1 aliphatic rings. The summed E-state index contributed by atoms with van der Waals surface area (Å²) in [6.45, 7) is 9.87. The van der Waals surface area contributed by atoms with E-state index in [9.17, 15) is 0 Å². The fourth-order valence-electron chi connectivity index (χ4n) is 3.35. The van der Waals surface area contributed by atoms with Crippen LogP contribution in [0.15, 0.2) is 23.2 Å². The van der Waals surface area contributed by atoms with Crippen LogP contribution >= 0.6 is 24.0 Å². The van der Waals surface area contributed by atoms with E-state index in [2.05, 4.69) is 47.6 Å². The highest BCUT2D eigenvalue weighted by Crippen LogP contribution is 2.19. The third-order valence-corrected chi connectivity index (χ3v) is 5.03. The number of nitrogens with zero attached hydrogens (tertiary/aromatic N) is 2. The highest BCUT2D eigenvalue weighted by molar-refractivity contribution is 14.0. The van der Waals surface area contributed by atoms with Gasteiger partial charge in [0.1, 0.15) is 5.75 Å². The number of guanidine groups is 1. The van der Waals surface area contributed by atoms with E-state index in [-0.39, 0.29) is 24.0 Å². The molecule has 7 heteroatoms. The van der Waals surface area contributed by atoms with Crippen LogP contribution in [0, 0.1) is 6.92 Å². The SMILES string of the molecule is CCNC(=NCCc1ccc(C)c(OC)c1)NC1CCN(CCOC)CC1.I. The van der Waals surface area contributed by atoms with E-state index in [0.29, 0.717) is 6.04 Å². The number of ether oxygens (including phenoxy) is 2. The highest BCUT2D eigenvalue weighted by atomic mass is 127. The van der Waals surface area contributed by atoms with Gasteiger partial charge in [-0.2, -0.15) is 0 Å². The summed E-state index contributed by atoms with van der Waals surface area (Å²) in [5, 5.41) is 6.98. The molecule has 0 saturated carbocycles. The fourth-order valence-corrected chi connectivity index (χ4v) is 3.35. The summed E-state index contributed by atoms with van der Waals surface area (Å²) in [5.41, 5.74) is 2.42. The minimum absolute atomic E-state index is 0. The van der Waals surface area contributed by atoms with Crippen molar-refractivity contribution in [3.8, 4) is 5.75 Å². The number of rotatable bonds is 9. The number of hydrogen-bond acceptors (Lipinski definition) is 4. The molecule has 0 aliphatic carbocycles. The van der Waals surface area contributed by atoms with E-state index in [1.165, 1.54) is 5.56 Å². The van der Waals surface area contributed by atoms with E-state index in [4.69, 9.17) is 14.5 Å². The number of aliphatic imine (C=N–C) groups is 1. The molecule has 0 spiro atoms. The van der Waals surface area contributed by atoms with Crippen LogP contribution in [-0.4, -0.2) is 70.5 Å². The average molecular weight is 504 g/mol. The fraction of sp³-hybridized carbons (Fsp3) is 0.667. The minimum Gasteiger partial charge on any atom is -0.496 e. The Labute approximate surface area is 187 Å². The zero-order chi connectivity index (χ0) is 19.5. The molecule has 0 atom stereocenters. The number of methoxy groups -OCH3 is 2. The largest absolute Gasteiger partial charge is 0.496 e. The molecule has 0 bridgehead atoms. The predicted octanol–water partition coefficient (Wildman–Crippen LogP) is 2.83. The first-order valence-corrected chi connectivity index (χ1v) is 10.1. The zero-order valence-electron chi connectivity index (χ0n) is 17.8. The molecule has 0 amide bonds. The Kier molecular flexibility index (Phi) is 12.5. The van der Waals surface area contributed by atoms with Crippen LogP contribution in [0.3, 0.4) is 0 Å². The molecule has 0 unspecified atom stereocenters. The van der Waals surface area contributed by atoms with Crippen LogP contribution in [0.25, 0.3) is 0 Å². The number of halogens is 1. The van der Waals surface area contributed by atoms with E-state index in [0.717, 1.165) is 75.9 Å². The molecule has 1 aliphatic heterocycles. The molecule has 1 saturated heterocycles. The molecule has 28 heavy (non-hydrogen) atoms. The second-order valence-corrected chi connectivity index (χ2v) is 7.07. The molecular formula is C21H37IN4O2. The van der Waals surface area contributed by atoms with Crippen molar-refractivity contribution in [2.75, 3.05) is 53.6 Å². The van der Waals surface area contributed by atoms with Crippen molar-refractivity contribution < 1.29 is 9.47 Å². The molecule has 1 aromatic carbocycles. The van der Waals surface area contributed by atoms with E-state index in [1.807, 2.05) is 0 Å². The maximum atomic E-state index is 5.41. The summed E-state index contributed by atoms with van der Waals surface area (Å²) in [4.78, 5) is 7.24. The van der Waals surface area contributed by atoms with Gasteiger partial charge in [-0.05, 0) is 50.3 Å². The smallest absolute Gasteiger partial charge is 0.191 e. The molecule has 160 valence electrons. The Morgan fingerprint density at radius 2 is 2.00 bits per heavy atom. The van der Waals surface area contributed by atoms with Gasteiger partial charge in [0.05, 0.1) is 13.7 Å². The summed E-state index contributed by atoms with van der Waals surface area (Å²) >= 11 is 0. The average Bonchev–Trinajstić information content (AvgIpc) is 2.69. The lowest BCUT2D eigenvalue weighted by atomic mass is 10.1. The van der Waals surface area contributed by atoms with Gasteiger partial charge < -0.3 is 25.0 Å². The van der Waals surface area contributed by atoms with Crippen molar-refractivity contribution in [2.24, 2.45) is 4.99 Å². The van der Waals surface area contributed by atoms with Gasteiger partial charge in [-0.25, -0.2) is 0 Å². The number of aryl methyl sites for hydroxylation is 1. The lowest BCUT2D eigenvalue weighted by Gasteiger charge is -2.32. The third-order valence-electron chi connectivity index (χ3n) is 5.03. The van der Waals surface area contributed by atoms with Crippen LogP contribution in [0.4, 0.5) is 0 Å². The minimum atomic E-state index is 0. The van der Waals surface area contributed by atoms with Crippen LogP contribution in [-0.2, 0) is 11.2 Å². The van der Waals surface area contributed by atoms with Crippen molar-refractivity contribution in [1.29, 1.82) is 0 Å². The van der Waals surface area contributed by atoms with Crippen molar-refractivity contribution in [2.45, 2.75) is 39.2 Å². The molecule has 6 nitrogen and oxygen atoms in total. The lowest BCUT2D eigenvalue weighted by molar-refractivity contribution is 0.128. The van der Waals surface area contributed by atoms with Gasteiger partial charge in [0, 0.05) is 45.9 Å². The van der Waals surface area contributed by atoms with Crippen molar-refractivity contribution in [3.05, 3.63) is 29.3 Å². The van der Waals surface area contributed by atoms with Crippen LogP contribution in [0.2, 0.25) is 0 Å². The van der Waals surface area contributed by atoms with E-state index >= 15 is 0 Å². The molecule has 1 fully saturated rings. The molecule has 2 N–H and O–H groups in total. The van der Waals surface area contributed by atoms with Gasteiger partial charge >= 0.3 is 0 Å². The quantitative estimate of drug-likeness (QED) is 0.308. The lowest BCUT2D eigenvalue weighted by Crippen LogP contribution is -2.49. The third kappa shape index (κ3) is 8.53. The number of hydrogen-bond donors (Lipinski definition) is 2. The van der Waals surface area contributed by atoms with Gasteiger partial charge in [0.2, 0.25) is 0 Å². The first-order valence-electron chi connectivity index (χ1n) is 10.1. The zero-order valence-corrected chi connectivity index (χ0v) is 20.1. The summed E-state index contributed by atoms with van der Waals surface area (Å²) in [6.07, 6.45) is 3.19. The first kappa shape index (κ1) is 25.0. The van der Waals surface area contributed by atoms with Crippen molar-refractivity contribution in [1.82, 2.24) is 15.5 Å². The van der Waals surface area contributed by atoms with Gasteiger partial charge in [0.25, 0.3) is 0 Å². The molecule has 1 heterocycles. The van der Waals surface area contributed by atoms with Crippen LogP contribution < -0.4 is 15.4 Å². The van der Waals surface area contributed by atoms with Crippen LogP contribution in [0.1, 0.15) is 30.9 Å². The van der Waals surface area contributed by atoms with E-state index < -0.39 is 0 Å². The van der Waals surface area contributed by atoms with Crippen molar-refractivity contribution >= 4 is 29.9 Å². The second kappa shape index (κ2) is 14.0.